The van der Waals surface area contributed by atoms with E-state index in [9.17, 15) is 5.11 Å². The summed E-state index contributed by atoms with van der Waals surface area (Å²) in [6, 6.07) is 17.7. The van der Waals surface area contributed by atoms with Crippen LogP contribution >= 0.6 is 11.8 Å². The normalized spacial score (nSPS) is 11.2. The topological polar surface area (TPSA) is 45.2 Å². The zero-order valence-corrected chi connectivity index (χ0v) is 13.4. The summed E-state index contributed by atoms with van der Waals surface area (Å²) in [5.74, 6) is 1.12. The number of hydrogen-bond donors (Lipinski definition) is 2. The van der Waals surface area contributed by atoms with Crippen molar-refractivity contribution >= 4 is 33.4 Å². The maximum Gasteiger partial charge on any atom is 0.130 e. The first-order chi connectivity index (χ1) is 11.3. The summed E-state index contributed by atoms with van der Waals surface area (Å²) in [4.78, 5) is 5.20. The minimum atomic E-state index is 0.297. The van der Waals surface area contributed by atoms with Gasteiger partial charge in [-0.2, -0.15) is 0 Å². The lowest BCUT2D eigenvalue weighted by Gasteiger charge is -2.08. The predicted octanol–water partition coefficient (Wildman–Crippen LogP) is 5.19. The number of phenolic OH excluding ortho intramolecular Hbond substituents is 1. The lowest BCUT2D eigenvalue weighted by Crippen LogP contribution is -1.82. The van der Waals surface area contributed by atoms with Gasteiger partial charge in [-0.25, -0.2) is 0 Å². The summed E-state index contributed by atoms with van der Waals surface area (Å²) in [7, 11) is 1.66. The predicted molar refractivity (Wildman–Crippen MR) is 94.6 cm³/mol. The Morgan fingerprint density at radius 2 is 1.87 bits per heavy atom. The third kappa shape index (κ3) is 2.41. The molecular weight excluding hydrogens is 306 g/mol. The first-order valence-corrected chi connectivity index (χ1v) is 8.11. The molecule has 0 saturated carbocycles. The van der Waals surface area contributed by atoms with Gasteiger partial charge in [-0.3, -0.25) is 0 Å². The molecule has 0 atom stereocenters. The number of rotatable bonds is 3. The second-order valence-electron chi connectivity index (χ2n) is 5.30. The van der Waals surface area contributed by atoms with E-state index in [0.29, 0.717) is 5.75 Å². The molecule has 0 saturated heterocycles. The molecule has 1 heterocycles. The highest BCUT2D eigenvalue weighted by molar-refractivity contribution is 8.00. The fraction of sp³-hybridized carbons (Fsp3) is 0.0526. The molecule has 4 rings (SSSR count). The third-order valence-corrected chi connectivity index (χ3v) is 5.11. The van der Waals surface area contributed by atoms with Gasteiger partial charge in [0.05, 0.1) is 12.0 Å². The Morgan fingerprint density at radius 3 is 2.74 bits per heavy atom. The molecule has 4 heteroatoms. The zero-order chi connectivity index (χ0) is 15.8. The lowest BCUT2D eigenvalue weighted by molar-refractivity contribution is 0.415. The van der Waals surface area contributed by atoms with E-state index in [1.54, 1.807) is 24.9 Å². The molecule has 0 aliphatic heterocycles. The summed E-state index contributed by atoms with van der Waals surface area (Å²) >= 11 is 1.56. The van der Waals surface area contributed by atoms with Crippen molar-refractivity contribution in [2.45, 2.75) is 9.79 Å². The third-order valence-electron chi connectivity index (χ3n) is 3.92. The number of fused-ring (bicyclic) bond motifs is 2. The van der Waals surface area contributed by atoms with Crippen molar-refractivity contribution in [1.82, 2.24) is 4.98 Å². The minimum absolute atomic E-state index is 0.297. The Labute approximate surface area is 137 Å². The van der Waals surface area contributed by atoms with E-state index in [0.717, 1.165) is 37.2 Å². The highest BCUT2D eigenvalue weighted by atomic mass is 32.2. The molecule has 3 nitrogen and oxygen atoms in total. The molecule has 23 heavy (non-hydrogen) atoms. The number of nitrogens with one attached hydrogen (secondary N) is 1. The Bertz CT molecular complexity index is 1010. The van der Waals surface area contributed by atoms with Crippen molar-refractivity contribution in [2.75, 3.05) is 7.11 Å². The molecule has 0 spiro atoms. The second kappa shape index (κ2) is 5.56. The Balaban J connectivity index is 1.86. The minimum Gasteiger partial charge on any atom is -0.507 e. The van der Waals surface area contributed by atoms with Gasteiger partial charge in [-0.15, -0.1) is 0 Å². The maximum atomic E-state index is 10.3. The van der Waals surface area contributed by atoms with Crippen LogP contribution in [-0.2, 0) is 0 Å². The molecule has 0 fully saturated rings. The van der Waals surface area contributed by atoms with Crippen LogP contribution in [0.4, 0.5) is 0 Å². The number of aromatic nitrogens is 1. The Kier molecular flexibility index (Phi) is 3.39. The van der Waals surface area contributed by atoms with Crippen molar-refractivity contribution in [3.05, 3.63) is 60.8 Å². The van der Waals surface area contributed by atoms with Crippen LogP contribution in [0.5, 0.6) is 11.5 Å². The summed E-state index contributed by atoms with van der Waals surface area (Å²) in [6.07, 6.45) is 1.97. The van der Waals surface area contributed by atoms with E-state index >= 15 is 0 Å². The van der Waals surface area contributed by atoms with Crippen molar-refractivity contribution in [2.24, 2.45) is 0 Å². The molecule has 2 N–H and O–H groups in total. The van der Waals surface area contributed by atoms with E-state index in [4.69, 9.17) is 4.74 Å². The smallest absolute Gasteiger partial charge is 0.130 e. The fourth-order valence-corrected chi connectivity index (χ4v) is 3.82. The largest absolute Gasteiger partial charge is 0.507 e. The van der Waals surface area contributed by atoms with Gasteiger partial charge in [-0.1, -0.05) is 42.1 Å². The van der Waals surface area contributed by atoms with E-state index in [1.807, 2.05) is 48.7 Å². The molecule has 0 radical (unpaired) electrons. The SMILES string of the molecule is COc1ccc2[nH]cc(Sc3c(O)ccc4ccccc34)c2c1. The summed E-state index contributed by atoms with van der Waals surface area (Å²) in [5.41, 5.74) is 1.05. The van der Waals surface area contributed by atoms with Crippen LogP contribution in [0, 0.1) is 0 Å². The van der Waals surface area contributed by atoms with Crippen LogP contribution in [0.15, 0.2) is 70.6 Å². The highest BCUT2D eigenvalue weighted by Crippen LogP contribution is 2.42. The van der Waals surface area contributed by atoms with Gasteiger partial charge in [-0.05, 0) is 35.0 Å². The van der Waals surface area contributed by atoms with Crippen LogP contribution in [0.2, 0.25) is 0 Å². The van der Waals surface area contributed by atoms with E-state index in [1.165, 1.54) is 0 Å². The van der Waals surface area contributed by atoms with Crippen LogP contribution in [0.1, 0.15) is 0 Å². The number of H-pyrrole nitrogens is 1. The second-order valence-corrected chi connectivity index (χ2v) is 6.35. The maximum absolute atomic E-state index is 10.3. The van der Waals surface area contributed by atoms with Crippen molar-refractivity contribution in [1.29, 1.82) is 0 Å². The number of phenols is 1. The van der Waals surface area contributed by atoms with Gasteiger partial charge >= 0.3 is 0 Å². The van der Waals surface area contributed by atoms with Crippen molar-refractivity contribution < 1.29 is 9.84 Å². The summed E-state index contributed by atoms with van der Waals surface area (Å²) in [5, 5.41) is 13.6. The van der Waals surface area contributed by atoms with Crippen LogP contribution < -0.4 is 4.74 Å². The average molecular weight is 321 g/mol. The Hall–Kier alpha value is -2.59. The Morgan fingerprint density at radius 1 is 1.00 bits per heavy atom. The molecule has 114 valence electrons. The molecule has 0 unspecified atom stereocenters. The molecule has 0 aliphatic carbocycles. The number of aromatic amines is 1. The molecule has 3 aromatic carbocycles. The first kappa shape index (κ1) is 14.0. The average Bonchev–Trinajstić information content (AvgIpc) is 2.99. The van der Waals surface area contributed by atoms with Gasteiger partial charge in [0.1, 0.15) is 11.5 Å². The quantitative estimate of drug-likeness (QED) is 0.546. The van der Waals surface area contributed by atoms with Crippen molar-refractivity contribution in [3.8, 4) is 11.5 Å². The zero-order valence-electron chi connectivity index (χ0n) is 12.5. The van der Waals surface area contributed by atoms with Gasteiger partial charge in [0.15, 0.2) is 0 Å². The van der Waals surface area contributed by atoms with E-state index < -0.39 is 0 Å². The number of ether oxygens (including phenoxy) is 1. The van der Waals surface area contributed by atoms with Crippen LogP contribution in [0.3, 0.4) is 0 Å². The van der Waals surface area contributed by atoms with Gasteiger partial charge in [0.2, 0.25) is 0 Å². The van der Waals surface area contributed by atoms with E-state index in [-0.39, 0.29) is 0 Å². The standard InChI is InChI=1S/C19H15NO2S/c1-22-13-7-8-16-15(10-13)18(11-20-16)23-19-14-5-3-2-4-12(14)6-9-17(19)21/h2-11,20-21H,1H3. The highest BCUT2D eigenvalue weighted by Gasteiger charge is 2.12. The molecular formula is C19H15NO2S. The van der Waals surface area contributed by atoms with Gasteiger partial charge < -0.3 is 14.8 Å². The van der Waals surface area contributed by atoms with Crippen LogP contribution in [-0.4, -0.2) is 17.2 Å². The number of methoxy groups -OCH3 is 1. The lowest BCUT2D eigenvalue weighted by atomic mass is 10.1. The fourth-order valence-electron chi connectivity index (χ4n) is 2.73. The van der Waals surface area contributed by atoms with Gasteiger partial charge in [0.25, 0.3) is 0 Å². The summed E-state index contributed by atoms with van der Waals surface area (Å²) in [6.45, 7) is 0. The van der Waals surface area contributed by atoms with E-state index in [2.05, 4.69) is 11.1 Å². The molecule has 1 aromatic heterocycles. The van der Waals surface area contributed by atoms with Gasteiger partial charge in [0, 0.05) is 22.0 Å². The number of benzene rings is 3. The summed E-state index contributed by atoms with van der Waals surface area (Å²) < 4.78 is 5.32. The molecule has 0 bridgehead atoms. The molecule has 0 amide bonds. The first-order valence-electron chi connectivity index (χ1n) is 7.30. The molecule has 4 aromatic rings. The van der Waals surface area contributed by atoms with Crippen molar-refractivity contribution in [3.63, 3.8) is 0 Å². The number of hydrogen-bond acceptors (Lipinski definition) is 3. The number of aromatic hydroxyl groups is 1. The monoisotopic (exact) mass is 321 g/mol. The van der Waals surface area contributed by atoms with Crippen LogP contribution in [0.25, 0.3) is 21.7 Å². The molecule has 0 aliphatic rings.